The zero-order valence-electron chi connectivity index (χ0n) is 13.7. The van der Waals surface area contributed by atoms with Gasteiger partial charge in [0.25, 0.3) is 0 Å². The molecule has 2 N–H and O–H groups in total. The molecule has 26 heavy (non-hydrogen) atoms. The highest BCUT2D eigenvalue weighted by Crippen LogP contribution is 2.36. The van der Waals surface area contributed by atoms with Crippen LogP contribution in [0.4, 0.5) is 18.9 Å². The second-order valence-corrected chi connectivity index (χ2v) is 5.92. The first-order valence-electron chi connectivity index (χ1n) is 7.31. The summed E-state index contributed by atoms with van der Waals surface area (Å²) >= 11 is 5.53. The number of hydrogen-bond donors (Lipinski definition) is 2. The molecule has 1 heterocycles. The first-order valence-corrected chi connectivity index (χ1v) is 7.69. The highest BCUT2D eigenvalue weighted by atomic mass is 35.5. The molecule has 0 radical (unpaired) electrons. The molecule has 0 aromatic heterocycles. The molecule has 0 fully saturated rings. The Hall–Kier alpha value is -2.55. The molecule has 0 saturated carbocycles. The third-order valence-corrected chi connectivity index (χ3v) is 4.06. The predicted molar refractivity (Wildman–Crippen MR) is 86.0 cm³/mol. The number of methoxy groups -OCH3 is 1. The van der Waals surface area contributed by atoms with E-state index in [1.54, 1.807) is 0 Å². The van der Waals surface area contributed by atoms with Gasteiger partial charge in [0, 0.05) is 17.8 Å². The van der Waals surface area contributed by atoms with Gasteiger partial charge in [0.05, 0.1) is 29.2 Å². The van der Waals surface area contributed by atoms with Gasteiger partial charge in [0.2, 0.25) is 11.8 Å². The number of halogens is 4. The minimum absolute atomic E-state index is 0.0605. The minimum atomic E-state index is -4.70. The summed E-state index contributed by atoms with van der Waals surface area (Å²) in [4.78, 5) is 36.1. The van der Waals surface area contributed by atoms with Crippen molar-refractivity contribution in [2.24, 2.45) is 5.92 Å². The average molecular weight is 391 g/mol. The van der Waals surface area contributed by atoms with E-state index in [0.29, 0.717) is 6.07 Å². The Labute approximate surface area is 151 Å². The van der Waals surface area contributed by atoms with E-state index in [9.17, 15) is 27.6 Å². The smallest absolute Gasteiger partial charge is 0.417 e. The van der Waals surface area contributed by atoms with Crippen LogP contribution in [0.25, 0.3) is 0 Å². The van der Waals surface area contributed by atoms with E-state index in [2.05, 4.69) is 15.4 Å². The number of anilines is 1. The molecule has 0 bridgehead atoms. The Morgan fingerprint density at radius 2 is 2.00 bits per heavy atom. The van der Waals surface area contributed by atoms with Crippen molar-refractivity contribution in [2.75, 3.05) is 12.4 Å². The molecule has 1 aromatic carbocycles. The lowest BCUT2D eigenvalue weighted by Gasteiger charge is -2.25. The Balaban J connectivity index is 2.33. The SMILES string of the molecule is COC(=O)C1=C(C)NC(=O)CC1C(=O)Nc1ccc(Cl)c(C(F)(F)F)c1. The second-order valence-electron chi connectivity index (χ2n) is 5.52. The molecule has 1 aliphatic heterocycles. The molecule has 10 heteroatoms. The van der Waals surface area contributed by atoms with Gasteiger partial charge in [-0.3, -0.25) is 9.59 Å². The van der Waals surface area contributed by atoms with Crippen LogP contribution in [0, 0.1) is 5.92 Å². The molecular weight excluding hydrogens is 377 g/mol. The fourth-order valence-corrected chi connectivity index (χ4v) is 2.78. The molecule has 2 amide bonds. The van der Waals surface area contributed by atoms with Crippen LogP contribution in [0.15, 0.2) is 29.5 Å². The van der Waals surface area contributed by atoms with Crippen LogP contribution in [0.5, 0.6) is 0 Å². The van der Waals surface area contributed by atoms with Gasteiger partial charge >= 0.3 is 12.1 Å². The van der Waals surface area contributed by atoms with Crippen LogP contribution in [-0.4, -0.2) is 24.9 Å². The van der Waals surface area contributed by atoms with Crippen molar-refractivity contribution >= 4 is 35.1 Å². The standard InChI is InChI=1S/C16H14ClF3N2O4/c1-7-13(15(25)26-2)9(6-12(23)21-7)14(24)22-8-3-4-11(17)10(5-8)16(18,19)20/h3-5,9H,6H2,1-2H3,(H,21,23)(H,22,24). The van der Waals surface area contributed by atoms with E-state index in [4.69, 9.17) is 11.6 Å². The quantitative estimate of drug-likeness (QED) is 0.777. The zero-order chi connectivity index (χ0) is 19.6. The maximum Gasteiger partial charge on any atom is 0.417 e. The Morgan fingerprint density at radius 3 is 2.58 bits per heavy atom. The van der Waals surface area contributed by atoms with Crippen LogP contribution in [0.3, 0.4) is 0 Å². The lowest BCUT2D eigenvalue weighted by Crippen LogP contribution is -2.40. The highest BCUT2D eigenvalue weighted by Gasteiger charge is 2.37. The van der Waals surface area contributed by atoms with Crippen LogP contribution >= 0.6 is 11.6 Å². The molecule has 140 valence electrons. The maximum absolute atomic E-state index is 12.9. The predicted octanol–water partition coefficient (Wildman–Crippen LogP) is 2.88. The fourth-order valence-electron chi connectivity index (χ4n) is 2.56. The van der Waals surface area contributed by atoms with E-state index in [1.807, 2.05) is 0 Å². The number of alkyl halides is 3. The molecule has 2 rings (SSSR count). The van der Waals surface area contributed by atoms with E-state index >= 15 is 0 Å². The number of hydrogen-bond acceptors (Lipinski definition) is 4. The number of rotatable bonds is 3. The number of ether oxygens (including phenoxy) is 1. The Morgan fingerprint density at radius 1 is 1.35 bits per heavy atom. The van der Waals surface area contributed by atoms with Crippen LogP contribution < -0.4 is 10.6 Å². The highest BCUT2D eigenvalue weighted by molar-refractivity contribution is 6.31. The van der Waals surface area contributed by atoms with Crippen molar-refractivity contribution in [3.63, 3.8) is 0 Å². The van der Waals surface area contributed by atoms with Crippen LogP contribution in [0.1, 0.15) is 18.9 Å². The van der Waals surface area contributed by atoms with Gasteiger partial charge in [-0.25, -0.2) is 4.79 Å². The number of amides is 2. The lowest BCUT2D eigenvalue weighted by molar-refractivity contribution is -0.139. The molecule has 1 atom stereocenters. The molecule has 6 nitrogen and oxygen atoms in total. The van der Waals surface area contributed by atoms with E-state index < -0.39 is 40.5 Å². The summed E-state index contributed by atoms with van der Waals surface area (Å²) in [6, 6.07) is 2.86. The number of nitrogens with one attached hydrogen (secondary N) is 2. The third kappa shape index (κ3) is 4.16. The molecule has 0 spiro atoms. The van der Waals surface area contributed by atoms with Crippen molar-refractivity contribution in [3.05, 3.63) is 40.1 Å². The van der Waals surface area contributed by atoms with Gasteiger partial charge in [-0.15, -0.1) is 0 Å². The van der Waals surface area contributed by atoms with Gasteiger partial charge in [-0.1, -0.05) is 11.6 Å². The number of carbonyl (C=O) groups is 3. The van der Waals surface area contributed by atoms with E-state index in [1.165, 1.54) is 13.0 Å². The van der Waals surface area contributed by atoms with Crippen molar-refractivity contribution in [1.82, 2.24) is 5.32 Å². The molecule has 1 aromatic rings. The Bertz CT molecular complexity index is 805. The van der Waals surface area contributed by atoms with Gasteiger partial charge in [-0.2, -0.15) is 13.2 Å². The van der Waals surface area contributed by atoms with Gasteiger partial charge in [0.15, 0.2) is 0 Å². The van der Waals surface area contributed by atoms with Crippen molar-refractivity contribution in [2.45, 2.75) is 19.5 Å². The monoisotopic (exact) mass is 390 g/mol. The fraction of sp³-hybridized carbons (Fsp3) is 0.312. The molecule has 1 unspecified atom stereocenters. The summed E-state index contributed by atoms with van der Waals surface area (Å²) in [5.41, 5.74) is -1.19. The number of benzene rings is 1. The first kappa shape index (κ1) is 19.8. The summed E-state index contributed by atoms with van der Waals surface area (Å²) in [6.07, 6.45) is -5.04. The lowest BCUT2D eigenvalue weighted by atomic mass is 9.89. The van der Waals surface area contributed by atoms with Crippen LogP contribution in [0.2, 0.25) is 5.02 Å². The normalized spacial score (nSPS) is 17.6. The topological polar surface area (TPSA) is 84.5 Å². The third-order valence-electron chi connectivity index (χ3n) is 3.73. The second kappa shape index (κ2) is 7.36. The van der Waals surface area contributed by atoms with Crippen molar-refractivity contribution < 1.29 is 32.3 Å². The molecule has 0 aliphatic carbocycles. The van der Waals surface area contributed by atoms with Crippen LogP contribution in [-0.2, 0) is 25.3 Å². The summed E-state index contributed by atoms with van der Waals surface area (Å²) in [5.74, 6) is -3.31. The molecule has 0 saturated heterocycles. The minimum Gasteiger partial charge on any atom is -0.466 e. The summed E-state index contributed by atoms with van der Waals surface area (Å²) < 4.78 is 43.4. The Kier molecular flexibility index (Phi) is 5.60. The molecular formula is C16H14ClF3N2O4. The largest absolute Gasteiger partial charge is 0.466 e. The van der Waals surface area contributed by atoms with E-state index in [0.717, 1.165) is 13.2 Å². The number of carbonyl (C=O) groups excluding carboxylic acids is 3. The molecule has 1 aliphatic rings. The first-order chi connectivity index (χ1) is 12.0. The average Bonchev–Trinajstić information content (AvgIpc) is 2.54. The maximum atomic E-state index is 12.9. The van der Waals surface area contributed by atoms with Gasteiger partial charge in [0.1, 0.15) is 0 Å². The number of allylic oxidation sites excluding steroid dienone is 1. The zero-order valence-corrected chi connectivity index (χ0v) is 14.4. The van der Waals surface area contributed by atoms with E-state index in [-0.39, 0.29) is 23.4 Å². The number of esters is 1. The van der Waals surface area contributed by atoms with Crippen molar-refractivity contribution in [3.8, 4) is 0 Å². The van der Waals surface area contributed by atoms with Gasteiger partial charge in [-0.05, 0) is 25.1 Å². The summed E-state index contributed by atoms with van der Waals surface area (Å²) in [6.45, 7) is 1.42. The van der Waals surface area contributed by atoms with Gasteiger partial charge < -0.3 is 15.4 Å². The summed E-state index contributed by atoms with van der Waals surface area (Å²) in [7, 11) is 1.11. The summed E-state index contributed by atoms with van der Waals surface area (Å²) in [5, 5.41) is 4.19. The van der Waals surface area contributed by atoms with Crippen molar-refractivity contribution in [1.29, 1.82) is 0 Å².